The zero-order valence-electron chi connectivity index (χ0n) is 8.64. The summed E-state index contributed by atoms with van der Waals surface area (Å²) in [6.07, 6.45) is 1.70. The molecule has 3 aromatic rings. The molecular formula is C13H11NOS. The largest absolute Gasteiger partial charge is 0.467 e. The van der Waals surface area contributed by atoms with Crippen molar-refractivity contribution in [2.45, 2.75) is 6.54 Å². The third-order valence-electron chi connectivity index (χ3n) is 2.51. The van der Waals surface area contributed by atoms with Gasteiger partial charge in [-0.2, -0.15) is 0 Å². The topological polar surface area (TPSA) is 25.2 Å². The van der Waals surface area contributed by atoms with E-state index in [0.717, 1.165) is 12.3 Å². The lowest BCUT2D eigenvalue weighted by atomic mass is 10.2. The summed E-state index contributed by atoms with van der Waals surface area (Å²) in [5.41, 5.74) is 1.17. The van der Waals surface area contributed by atoms with Crippen LogP contribution in [0.5, 0.6) is 0 Å². The summed E-state index contributed by atoms with van der Waals surface area (Å²) in [6.45, 7) is 0.726. The van der Waals surface area contributed by atoms with Crippen LogP contribution in [0.25, 0.3) is 10.1 Å². The SMILES string of the molecule is c1coc(CNc2cccc3ccsc23)c1. The maximum absolute atomic E-state index is 5.29. The minimum absolute atomic E-state index is 0.726. The number of hydrogen-bond acceptors (Lipinski definition) is 3. The first-order valence-electron chi connectivity index (χ1n) is 5.16. The second kappa shape index (κ2) is 4.02. The van der Waals surface area contributed by atoms with E-state index in [2.05, 4.69) is 35.0 Å². The van der Waals surface area contributed by atoms with Gasteiger partial charge in [0.15, 0.2) is 0 Å². The van der Waals surface area contributed by atoms with Gasteiger partial charge in [0.1, 0.15) is 5.76 Å². The standard InChI is InChI=1S/C13H11NOS/c1-3-10-6-8-16-13(10)12(5-1)14-9-11-4-2-7-15-11/h1-8,14H,9H2. The Morgan fingerprint density at radius 3 is 3.00 bits per heavy atom. The van der Waals surface area contributed by atoms with E-state index in [1.54, 1.807) is 17.6 Å². The van der Waals surface area contributed by atoms with Crippen LogP contribution in [0.15, 0.2) is 52.5 Å². The summed E-state index contributed by atoms with van der Waals surface area (Å²) >= 11 is 1.76. The van der Waals surface area contributed by atoms with Gasteiger partial charge in [-0.3, -0.25) is 0 Å². The molecule has 0 unspecified atom stereocenters. The molecule has 0 fully saturated rings. The van der Waals surface area contributed by atoms with Crippen LogP contribution in [-0.4, -0.2) is 0 Å². The number of thiophene rings is 1. The molecule has 1 aromatic carbocycles. The molecule has 2 aromatic heterocycles. The molecule has 2 heterocycles. The first-order chi connectivity index (χ1) is 7.93. The van der Waals surface area contributed by atoms with Crippen LogP contribution in [0.4, 0.5) is 5.69 Å². The van der Waals surface area contributed by atoms with E-state index in [0.29, 0.717) is 0 Å². The van der Waals surface area contributed by atoms with Crippen LogP contribution < -0.4 is 5.32 Å². The maximum Gasteiger partial charge on any atom is 0.122 e. The van der Waals surface area contributed by atoms with E-state index in [1.165, 1.54) is 15.8 Å². The molecule has 0 aliphatic rings. The van der Waals surface area contributed by atoms with Crippen LogP contribution in [0.2, 0.25) is 0 Å². The average molecular weight is 229 g/mol. The molecule has 0 aliphatic carbocycles. The number of hydrogen-bond donors (Lipinski definition) is 1. The summed E-state index contributed by atoms with van der Waals surface area (Å²) in [5, 5.41) is 6.79. The Morgan fingerprint density at radius 1 is 1.12 bits per heavy atom. The van der Waals surface area contributed by atoms with Crippen molar-refractivity contribution in [3.8, 4) is 0 Å². The van der Waals surface area contributed by atoms with E-state index in [4.69, 9.17) is 4.42 Å². The van der Waals surface area contributed by atoms with Gasteiger partial charge in [-0.25, -0.2) is 0 Å². The lowest BCUT2D eigenvalue weighted by Crippen LogP contribution is -1.97. The molecule has 0 saturated heterocycles. The second-order valence-electron chi connectivity index (χ2n) is 3.58. The highest BCUT2D eigenvalue weighted by atomic mass is 32.1. The van der Waals surface area contributed by atoms with Gasteiger partial charge < -0.3 is 9.73 Å². The molecule has 0 spiro atoms. The van der Waals surface area contributed by atoms with Crippen molar-refractivity contribution in [1.82, 2.24) is 0 Å². The average Bonchev–Trinajstić information content (AvgIpc) is 2.97. The number of furan rings is 1. The number of rotatable bonds is 3. The molecule has 3 rings (SSSR count). The van der Waals surface area contributed by atoms with Gasteiger partial charge >= 0.3 is 0 Å². The Kier molecular flexibility index (Phi) is 2.38. The fourth-order valence-electron chi connectivity index (χ4n) is 1.73. The van der Waals surface area contributed by atoms with Crippen LogP contribution in [0, 0.1) is 0 Å². The third kappa shape index (κ3) is 1.70. The minimum atomic E-state index is 0.726. The predicted molar refractivity (Wildman–Crippen MR) is 67.9 cm³/mol. The van der Waals surface area contributed by atoms with Gasteiger partial charge in [0.25, 0.3) is 0 Å². The van der Waals surface area contributed by atoms with Crippen molar-refractivity contribution >= 4 is 27.1 Å². The Labute approximate surface area is 97.5 Å². The number of anilines is 1. The summed E-state index contributed by atoms with van der Waals surface area (Å²) in [6, 6.07) is 12.3. The Bertz CT molecular complexity index is 583. The van der Waals surface area contributed by atoms with Crippen molar-refractivity contribution in [1.29, 1.82) is 0 Å². The molecule has 80 valence electrons. The van der Waals surface area contributed by atoms with Crippen LogP contribution in [-0.2, 0) is 6.54 Å². The predicted octanol–water partition coefficient (Wildman–Crippen LogP) is 4.11. The Morgan fingerprint density at radius 2 is 2.12 bits per heavy atom. The molecule has 1 N–H and O–H groups in total. The maximum atomic E-state index is 5.29. The lowest BCUT2D eigenvalue weighted by Gasteiger charge is -2.05. The molecule has 0 radical (unpaired) electrons. The van der Waals surface area contributed by atoms with Crippen molar-refractivity contribution in [2.75, 3.05) is 5.32 Å². The lowest BCUT2D eigenvalue weighted by molar-refractivity contribution is 0.518. The van der Waals surface area contributed by atoms with Gasteiger partial charge in [0, 0.05) is 0 Å². The molecule has 0 aliphatic heterocycles. The summed E-state index contributed by atoms with van der Waals surface area (Å²) in [4.78, 5) is 0. The van der Waals surface area contributed by atoms with Crippen molar-refractivity contribution in [2.24, 2.45) is 0 Å². The molecule has 2 nitrogen and oxygen atoms in total. The molecule has 3 heteroatoms. The smallest absolute Gasteiger partial charge is 0.122 e. The van der Waals surface area contributed by atoms with Crippen LogP contribution in [0.3, 0.4) is 0 Å². The number of benzene rings is 1. The van der Waals surface area contributed by atoms with Gasteiger partial charge in [-0.1, -0.05) is 12.1 Å². The van der Waals surface area contributed by atoms with Crippen LogP contribution >= 0.6 is 11.3 Å². The highest BCUT2D eigenvalue weighted by Gasteiger charge is 2.02. The zero-order valence-corrected chi connectivity index (χ0v) is 9.46. The fourth-order valence-corrected chi connectivity index (χ4v) is 2.62. The van der Waals surface area contributed by atoms with Gasteiger partial charge in [-0.15, -0.1) is 11.3 Å². The summed E-state index contributed by atoms with van der Waals surface area (Å²) < 4.78 is 6.59. The number of nitrogens with one attached hydrogen (secondary N) is 1. The Hall–Kier alpha value is -1.74. The van der Waals surface area contributed by atoms with Crippen molar-refractivity contribution < 1.29 is 4.42 Å². The summed E-state index contributed by atoms with van der Waals surface area (Å²) in [5.74, 6) is 0.952. The summed E-state index contributed by atoms with van der Waals surface area (Å²) in [7, 11) is 0. The molecule has 0 amide bonds. The van der Waals surface area contributed by atoms with E-state index in [9.17, 15) is 0 Å². The van der Waals surface area contributed by atoms with E-state index >= 15 is 0 Å². The molecular weight excluding hydrogens is 218 g/mol. The minimum Gasteiger partial charge on any atom is -0.467 e. The number of fused-ring (bicyclic) bond motifs is 1. The highest BCUT2D eigenvalue weighted by Crippen LogP contribution is 2.28. The fraction of sp³-hybridized carbons (Fsp3) is 0.0769. The zero-order chi connectivity index (χ0) is 10.8. The third-order valence-corrected chi connectivity index (χ3v) is 3.48. The molecule has 0 saturated carbocycles. The van der Waals surface area contributed by atoms with Crippen LogP contribution in [0.1, 0.15) is 5.76 Å². The van der Waals surface area contributed by atoms with Gasteiger partial charge in [0.05, 0.1) is 23.2 Å². The second-order valence-corrected chi connectivity index (χ2v) is 4.49. The van der Waals surface area contributed by atoms with E-state index in [-0.39, 0.29) is 0 Å². The van der Waals surface area contributed by atoms with E-state index in [1.807, 2.05) is 12.1 Å². The first kappa shape index (κ1) is 9.48. The molecule has 0 atom stereocenters. The van der Waals surface area contributed by atoms with E-state index < -0.39 is 0 Å². The quantitative estimate of drug-likeness (QED) is 0.731. The van der Waals surface area contributed by atoms with Gasteiger partial charge in [-0.05, 0) is 35.0 Å². The molecule has 0 bridgehead atoms. The molecule has 16 heavy (non-hydrogen) atoms. The Balaban J connectivity index is 1.86. The van der Waals surface area contributed by atoms with Gasteiger partial charge in [0.2, 0.25) is 0 Å². The van der Waals surface area contributed by atoms with Crippen molar-refractivity contribution in [3.63, 3.8) is 0 Å². The monoisotopic (exact) mass is 229 g/mol. The normalized spacial score (nSPS) is 10.8. The highest BCUT2D eigenvalue weighted by molar-refractivity contribution is 7.17. The van der Waals surface area contributed by atoms with Crippen molar-refractivity contribution in [3.05, 3.63) is 53.8 Å². The first-order valence-corrected chi connectivity index (χ1v) is 6.04.